The molecule has 0 fully saturated rings. The number of aromatic hydroxyl groups is 2. The van der Waals surface area contributed by atoms with Gasteiger partial charge < -0.3 is 15.1 Å². The zero-order valence-corrected chi connectivity index (χ0v) is 19.5. The number of hydrogen-bond donors (Lipinski definition) is 2. The van der Waals surface area contributed by atoms with Crippen LogP contribution in [0.3, 0.4) is 0 Å². The third-order valence-corrected chi connectivity index (χ3v) is 6.08. The number of carbonyl (C=O) groups excluding carboxylic acids is 1. The number of phenolic OH excluding ortho intramolecular Hbond substituents is 2. The summed E-state index contributed by atoms with van der Waals surface area (Å²) >= 11 is 0. The number of nitrogens with zero attached hydrogens (tertiary/aromatic N) is 2. The summed E-state index contributed by atoms with van der Waals surface area (Å²) in [6, 6.07) is 27.3. The lowest BCUT2D eigenvalue weighted by Gasteiger charge is -2.24. The van der Waals surface area contributed by atoms with Gasteiger partial charge in [-0.3, -0.25) is 4.79 Å². The second-order valence-corrected chi connectivity index (χ2v) is 8.61. The van der Waals surface area contributed by atoms with Crippen LogP contribution in [0, 0.1) is 12.7 Å². The number of pyridine rings is 1. The highest BCUT2D eigenvalue weighted by Crippen LogP contribution is 2.30. The lowest BCUT2D eigenvalue weighted by molar-refractivity contribution is 0.0982. The Kier molecular flexibility index (Phi) is 6.09. The van der Waals surface area contributed by atoms with Crippen LogP contribution in [0.5, 0.6) is 11.5 Å². The molecule has 0 aliphatic carbocycles. The predicted octanol–water partition coefficient (Wildman–Crippen LogP) is 6.61. The number of para-hydroxylation sites is 1. The number of fused-ring (bicyclic) bond motifs is 1. The van der Waals surface area contributed by atoms with E-state index in [1.807, 2.05) is 55.5 Å². The number of rotatable bonds is 5. The number of hydrogen-bond acceptors (Lipinski definition) is 4. The van der Waals surface area contributed by atoms with E-state index in [-0.39, 0.29) is 29.4 Å². The van der Waals surface area contributed by atoms with Crippen molar-refractivity contribution in [2.24, 2.45) is 0 Å². The highest BCUT2D eigenvalue weighted by atomic mass is 19.1. The zero-order valence-electron chi connectivity index (χ0n) is 19.5. The van der Waals surface area contributed by atoms with Crippen LogP contribution < -0.4 is 4.90 Å². The molecule has 5 rings (SSSR count). The van der Waals surface area contributed by atoms with Crippen molar-refractivity contribution >= 4 is 22.5 Å². The van der Waals surface area contributed by atoms with Gasteiger partial charge in [-0.1, -0.05) is 42.5 Å². The molecule has 0 spiro atoms. The highest BCUT2D eigenvalue weighted by Gasteiger charge is 2.22. The smallest absolute Gasteiger partial charge is 0.262 e. The van der Waals surface area contributed by atoms with Crippen molar-refractivity contribution in [1.82, 2.24) is 4.98 Å². The Balaban J connectivity index is 1.53. The van der Waals surface area contributed by atoms with Crippen LogP contribution in [0.25, 0.3) is 22.2 Å². The molecule has 0 saturated carbocycles. The van der Waals surface area contributed by atoms with Crippen LogP contribution in [-0.2, 0) is 6.54 Å². The molecule has 0 atom stereocenters. The molecule has 36 heavy (non-hydrogen) atoms. The van der Waals surface area contributed by atoms with E-state index >= 15 is 0 Å². The van der Waals surface area contributed by atoms with Crippen molar-refractivity contribution < 1.29 is 19.4 Å². The number of anilines is 1. The fraction of sp³-hybridized carbons (Fsp3) is 0.0667. The number of halogens is 1. The van der Waals surface area contributed by atoms with E-state index in [1.54, 1.807) is 12.1 Å². The summed E-state index contributed by atoms with van der Waals surface area (Å²) < 4.78 is 13.5. The Labute approximate surface area is 207 Å². The molecule has 0 bridgehead atoms. The first-order valence-corrected chi connectivity index (χ1v) is 11.4. The summed E-state index contributed by atoms with van der Waals surface area (Å²) in [7, 11) is 0. The van der Waals surface area contributed by atoms with Gasteiger partial charge in [-0.05, 0) is 66.6 Å². The molecule has 0 aliphatic heterocycles. The lowest BCUT2D eigenvalue weighted by atomic mass is 10.0. The minimum absolute atomic E-state index is 0.0472. The fourth-order valence-electron chi connectivity index (χ4n) is 4.21. The quantitative estimate of drug-likeness (QED) is 0.298. The van der Waals surface area contributed by atoms with Gasteiger partial charge in [0.15, 0.2) is 0 Å². The van der Waals surface area contributed by atoms with Crippen molar-refractivity contribution in [3.8, 4) is 22.8 Å². The van der Waals surface area contributed by atoms with Gasteiger partial charge in [-0.15, -0.1) is 0 Å². The topological polar surface area (TPSA) is 73.7 Å². The molecule has 0 aliphatic rings. The number of aryl methyl sites for hydroxylation is 1. The van der Waals surface area contributed by atoms with Crippen LogP contribution >= 0.6 is 0 Å². The van der Waals surface area contributed by atoms with Gasteiger partial charge in [-0.2, -0.15) is 0 Å². The van der Waals surface area contributed by atoms with Crippen molar-refractivity contribution in [2.45, 2.75) is 13.5 Å². The molecule has 5 nitrogen and oxygen atoms in total. The Morgan fingerprint density at radius 3 is 2.33 bits per heavy atom. The summed E-state index contributed by atoms with van der Waals surface area (Å²) in [5.74, 6) is -1.28. The standard InChI is InChI=1S/C30H23FN2O3/c1-19-16-22-4-2-3-5-27(22)32-29(19)21-8-12-24(13-9-21)33(18-20-6-10-23(31)11-7-20)30(36)26-15-14-25(34)17-28(26)35/h2-17,34-35H,18H2,1H3. The van der Waals surface area contributed by atoms with E-state index < -0.39 is 5.91 Å². The first kappa shape index (κ1) is 23.1. The minimum Gasteiger partial charge on any atom is -0.508 e. The molecule has 5 aromatic rings. The van der Waals surface area contributed by atoms with Gasteiger partial charge in [0.25, 0.3) is 5.91 Å². The molecule has 1 amide bonds. The normalized spacial score (nSPS) is 10.9. The van der Waals surface area contributed by atoms with E-state index in [9.17, 15) is 19.4 Å². The third kappa shape index (κ3) is 4.61. The molecule has 0 radical (unpaired) electrons. The highest BCUT2D eigenvalue weighted by molar-refractivity contribution is 6.08. The summed E-state index contributed by atoms with van der Waals surface area (Å²) in [6.07, 6.45) is 0. The van der Waals surface area contributed by atoms with Crippen molar-refractivity contribution in [3.05, 3.63) is 120 Å². The van der Waals surface area contributed by atoms with Gasteiger partial charge in [0, 0.05) is 22.7 Å². The number of carbonyl (C=O) groups is 1. The van der Waals surface area contributed by atoms with Gasteiger partial charge in [0.05, 0.1) is 23.3 Å². The van der Waals surface area contributed by atoms with Crippen LogP contribution in [0.2, 0.25) is 0 Å². The monoisotopic (exact) mass is 478 g/mol. The molecule has 1 aromatic heterocycles. The van der Waals surface area contributed by atoms with Crippen LogP contribution in [0.15, 0.2) is 97.1 Å². The maximum atomic E-state index is 13.5. The van der Waals surface area contributed by atoms with Crippen LogP contribution in [0.4, 0.5) is 10.1 Å². The Bertz CT molecular complexity index is 1560. The number of benzene rings is 4. The summed E-state index contributed by atoms with van der Waals surface area (Å²) in [5.41, 5.74) is 5.06. The summed E-state index contributed by atoms with van der Waals surface area (Å²) in [6.45, 7) is 2.17. The maximum Gasteiger partial charge on any atom is 0.262 e. The first-order valence-electron chi connectivity index (χ1n) is 11.4. The molecule has 0 saturated heterocycles. The molecule has 1 heterocycles. The Hall–Kier alpha value is -4.71. The third-order valence-electron chi connectivity index (χ3n) is 6.08. The van der Waals surface area contributed by atoms with Crippen molar-refractivity contribution in [3.63, 3.8) is 0 Å². The molecule has 4 aromatic carbocycles. The lowest BCUT2D eigenvalue weighted by Crippen LogP contribution is -2.30. The van der Waals surface area contributed by atoms with E-state index in [1.165, 1.54) is 29.2 Å². The van der Waals surface area contributed by atoms with Crippen LogP contribution in [-0.4, -0.2) is 21.1 Å². The van der Waals surface area contributed by atoms with E-state index in [2.05, 4.69) is 6.07 Å². The maximum absolute atomic E-state index is 13.5. The fourth-order valence-corrected chi connectivity index (χ4v) is 4.21. The van der Waals surface area contributed by atoms with Gasteiger partial charge in [0.1, 0.15) is 17.3 Å². The molecule has 178 valence electrons. The second kappa shape index (κ2) is 9.50. The Morgan fingerprint density at radius 2 is 1.61 bits per heavy atom. The minimum atomic E-state index is -0.454. The SMILES string of the molecule is Cc1cc2ccccc2nc1-c1ccc(N(Cc2ccc(F)cc2)C(=O)c2ccc(O)cc2O)cc1. The predicted molar refractivity (Wildman–Crippen MR) is 139 cm³/mol. The molecule has 0 unspecified atom stereocenters. The first-order chi connectivity index (χ1) is 17.4. The second-order valence-electron chi connectivity index (χ2n) is 8.61. The number of phenols is 2. The average Bonchev–Trinajstić information content (AvgIpc) is 2.88. The van der Waals surface area contributed by atoms with E-state index in [4.69, 9.17) is 4.98 Å². The van der Waals surface area contributed by atoms with Gasteiger partial charge >= 0.3 is 0 Å². The molecular formula is C30H23FN2O3. The average molecular weight is 479 g/mol. The molecular weight excluding hydrogens is 455 g/mol. The van der Waals surface area contributed by atoms with Crippen molar-refractivity contribution in [2.75, 3.05) is 4.90 Å². The number of aromatic nitrogens is 1. The van der Waals surface area contributed by atoms with E-state index in [0.29, 0.717) is 5.69 Å². The number of amides is 1. The van der Waals surface area contributed by atoms with E-state index in [0.717, 1.165) is 39.4 Å². The largest absolute Gasteiger partial charge is 0.508 e. The van der Waals surface area contributed by atoms with Crippen LogP contribution in [0.1, 0.15) is 21.5 Å². The molecule has 6 heteroatoms. The van der Waals surface area contributed by atoms with Gasteiger partial charge in [0.2, 0.25) is 0 Å². The van der Waals surface area contributed by atoms with Gasteiger partial charge in [-0.25, -0.2) is 9.37 Å². The molecule has 2 N–H and O–H groups in total. The Morgan fingerprint density at radius 1 is 0.889 bits per heavy atom. The zero-order chi connectivity index (χ0) is 25.2. The summed E-state index contributed by atoms with van der Waals surface area (Å²) in [4.78, 5) is 19.8. The van der Waals surface area contributed by atoms with Crippen molar-refractivity contribution in [1.29, 1.82) is 0 Å². The summed E-state index contributed by atoms with van der Waals surface area (Å²) in [5, 5.41) is 21.0.